The lowest BCUT2D eigenvalue weighted by Gasteiger charge is -2.25. The molecule has 0 radical (unpaired) electrons. The van der Waals surface area contributed by atoms with Crippen molar-refractivity contribution in [1.29, 1.82) is 5.26 Å². The highest BCUT2D eigenvalue weighted by molar-refractivity contribution is 5.55. The molecule has 100 valence electrons. The topological polar surface area (TPSA) is 48.7 Å². The Morgan fingerprint density at radius 1 is 1.11 bits per heavy atom. The van der Waals surface area contributed by atoms with Gasteiger partial charge < -0.3 is 5.32 Å². The van der Waals surface area contributed by atoms with Crippen LogP contribution in [0.1, 0.15) is 61.8 Å². The van der Waals surface area contributed by atoms with E-state index in [0.717, 1.165) is 24.2 Å². The molecule has 1 saturated carbocycles. The zero-order valence-electron chi connectivity index (χ0n) is 11.4. The van der Waals surface area contributed by atoms with E-state index < -0.39 is 0 Å². The van der Waals surface area contributed by atoms with Gasteiger partial charge in [0.15, 0.2) is 0 Å². The van der Waals surface area contributed by atoms with Gasteiger partial charge in [-0.05, 0) is 50.2 Å². The summed E-state index contributed by atoms with van der Waals surface area (Å²) in [6, 6.07) is 4.88. The Morgan fingerprint density at radius 2 is 1.89 bits per heavy atom. The SMILES string of the molecule is N#Cc1cc2c(nc1NC1CCCCC1)CCCC2. The standard InChI is InChI=1S/C16H21N3/c17-11-13-10-12-6-4-5-9-15(12)19-16(13)18-14-7-2-1-3-8-14/h10,14H,1-9H2,(H,18,19). The summed E-state index contributed by atoms with van der Waals surface area (Å²) in [5.74, 6) is 0.829. The molecule has 0 amide bonds. The highest BCUT2D eigenvalue weighted by atomic mass is 15.0. The summed E-state index contributed by atoms with van der Waals surface area (Å²) in [5.41, 5.74) is 3.23. The van der Waals surface area contributed by atoms with Crippen LogP contribution in [0.2, 0.25) is 0 Å². The molecule has 1 fully saturated rings. The van der Waals surface area contributed by atoms with Gasteiger partial charge >= 0.3 is 0 Å². The van der Waals surface area contributed by atoms with Gasteiger partial charge in [0.25, 0.3) is 0 Å². The molecule has 1 aromatic heterocycles. The molecule has 2 aliphatic rings. The average molecular weight is 255 g/mol. The minimum atomic E-state index is 0.509. The Morgan fingerprint density at radius 3 is 2.68 bits per heavy atom. The van der Waals surface area contributed by atoms with Crippen LogP contribution in [0.15, 0.2) is 6.07 Å². The highest BCUT2D eigenvalue weighted by Crippen LogP contribution is 2.27. The van der Waals surface area contributed by atoms with Crippen molar-refractivity contribution in [1.82, 2.24) is 4.98 Å². The first-order valence-electron chi connectivity index (χ1n) is 7.56. The quantitative estimate of drug-likeness (QED) is 0.878. The number of nitrogens with one attached hydrogen (secondary N) is 1. The van der Waals surface area contributed by atoms with Gasteiger partial charge in [0.1, 0.15) is 11.9 Å². The molecule has 3 nitrogen and oxygen atoms in total. The maximum Gasteiger partial charge on any atom is 0.144 e. The average Bonchev–Trinajstić information content (AvgIpc) is 2.47. The van der Waals surface area contributed by atoms with Crippen LogP contribution in [0.3, 0.4) is 0 Å². The minimum Gasteiger partial charge on any atom is -0.366 e. The van der Waals surface area contributed by atoms with Crippen LogP contribution >= 0.6 is 0 Å². The minimum absolute atomic E-state index is 0.509. The van der Waals surface area contributed by atoms with E-state index in [1.54, 1.807) is 0 Å². The molecule has 3 rings (SSSR count). The molecule has 1 N–H and O–H groups in total. The largest absolute Gasteiger partial charge is 0.366 e. The van der Waals surface area contributed by atoms with Gasteiger partial charge in [0, 0.05) is 11.7 Å². The molecule has 0 aliphatic heterocycles. The summed E-state index contributed by atoms with van der Waals surface area (Å²) in [7, 11) is 0. The second kappa shape index (κ2) is 5.61. The molecular weight excluding hydrogens is 234 g/mol. The third-order valence-electron chi connectivity index (χ3n) is 4.37. The molecule has 0 spiro atoms. The monoisotopic (exact) mass is 255 g/mol. The lowest BCUT2D eigenvalue weighted by Crippen LogP contribution is -2.24. The zero-order chi connectivity index (χ0) is 13.1. The van der Waals surface area contributed by atoms with Crippen LogP contribution in [0.25, 0.3) is 0 Å². The Balaban J connectivity index is 1.84. The summed E-state index contributed by atoms with van der Waals surface area (Å²) in [6.45, 7) is 0. The fourth-order valence-electron chi connectivity index (χ4n) is 3.27. The summed E-state index contributed by atoms with van der Waals surface area (Å²) in [6.07, 6.45) is 11.0. The second-order valence-electron chi connectivity index (χ2n) is 5.79. The molecule has 1 heterocycles. The van der Waals surface area contributed by atoms with Crippen molar-refractivity contribution in [3.8, 4) is 6.07 Å². The van der Waals surface area contributed by atoms with Gasteiger partial charge in [0.05, 0.1) is 5.56 Å². The lowest BCUT2D eigenvalue weighted by molar-refractivity contribution is 0.461. The summed E-state index contributed by atoms with van der Waals surface area (Å²) < 4.78 is 0. The molecule has 3 heteroatoms. The predicted octanol–water partition coefficient (Wildman–Crippen LogP) is 3.58. The van der Waals surface area contributed by atoms with E-state index in [1.807, 2.05) is 0 Å². The highest BCUT2D eigenvalue weighted by Gasteiger charge is 2.18. The molecule has 19 heavy (non-hydrogen) atoms. The molecule has 0 aromatic carbocycles. The van der Waals surface area contributed by atoms with E-state index in [-0.39, 0.29) is 0 Å². The van der Waals surface area contributed by atoms with Crippen LogP contribution < -0.4 is 5.32 Å². The van der Waals surface area contributed by atoms with Crippen molar-refractivity contribution in [3.63, 3.8) is 0 Å². The normalized spacial score (nSPS) is 19.5. The van der Waals surface area contributed by atoms with Crippen LogP contribution in [0, 0.1) is 11.3 Å². The molecule has 0 atom stereocenters. The van der Waals surface area contributed by atoms with Crippen molar-refractivity contribution in [2.75, 3.05) is 5.32 Å². The summed E-state index contributed by atoms with van der Waals surface area (Å²) in [4.78, 5) is 4.74. The molecule has 0 bridgehead atoms. The maximum atomic E-state index is 9.32. The zero-order valence-corrected chi connectivity index (χ0v) is 11.4. The molecule has 0 saturated heterocycles. The fourth-order valence-corrected chi connectivity index (χ4v) is 3.27. The van der Waals surface area contributed by atoms with Crippen molar-refractivity contribution >= 4 is 5.82 Å². The van der Waals surface area contributed by atoms with Gasteiger partial charge in [-0.2, -0.15) is 5.26 Å². The van der Waals surface area contributed by atoms with Gasteiger partial charge in [-0.15, -0.1) is 0 Å². The number of aromatic nitrogens is 1. The Bertz CT molecular complexity index is 495. The maximum absolute atomic E-state index is 9.32. The number of nitrogens with zero attached hydrogens (tertiary/aromatic N) is 2. The van der Waals surface area contributed by atoms with E-state index in [4.69, 9.17) is 4.98 Å². The summed E-state index contributed by atoms with van der Waals surface area (Å²) >= 11 is 0. The second-order valence-corrected chi connectivity index (χ2v) is 5.79. The van der Waals surface area contributed by atoms with Crippen molar-refractivity contribution < 1.29 is 0 Å². The fraction of sp³-hybridized carbons (Fsp3) is 0.625. The Kier molecular flexibility index (Phi) is 3.68. The van der Waals surface area contributed by atoms with E-state index in [9.17, 15) is 5.26 Å². The first-order chi connectivity index (χ1) is 9.36. The first-order valence-corrected chi connectivity index (χ1v) is 7.56. The molecule has 0 unspecified atom stereocenters. The molecule has 1 aromatic rings. The number of hydrogen-bond acceptors (Lipinski definition) is 3. The van der Waals surface area contributed by atoms with Gasteiger partial charge in [0.2, 0.25) is 0 Å². The van der Waals surface area contributed by atoms with Gasteiger partial charge in [-0.25, -0.2) is 4.98 Å². The number of nitriles is 1. The lowest BCUT2D eigenvalue weighted by atomic mass is 9.93. The van der Waals surface area contributed by atoms with E-state index >= 15 is 0 Å². The number of anilines is 1. The van der Waals surface area contributed by atoms with Crippen LogP contribution in [-0.2, 0) is 12.8 Å². The number of hydrogen-bond donors (Lipinski definition) is 1. The first kappa shape index (κ1) is 12.5. The van der Waals surface area contributed by atoms with E-state index in [2.05, 4.69) is 17.5 Å². The van der Waals surface area contributed by atoms with Crippen LogP contribution in [0.5, 0.6) is 0 Å². The number of rotatable bonds is 2. The smallest absolute Gasteiger partial charge is 0.144 e. The number of fused-ring (bicyclic) bond motifs is 1. The van der Waals surface area contributed by atoms with Crippen LogP contribution in [0.4, 0.5) is 5.82 Å². The Labute approximate surface area is 115 Å². The summed E-state index contributed by atoms with van der Waals surface area (Å²) in [5, 5.41) is 12.8. The Hall–Kier alpha value is -1.56. The third kappa shape index (κ3) is 2.73. The van der Waals surface area contributed by atoms with Crippen molar-refractivity contribution in [2.24, 2.45) is 0 Å². The van der Waals surface area contributed by atoms with Gasteiger partial charge in [-0.3, -0.25) is 0 Å². The number of aryl methyl sites for hydroxylation is 2. The van der Waals surface area contributed by atoms with Gasteiger partial charge in [-0.1, -0.05) is 19.3 Å². The van der Waals surface area contributed by atoms with E-state index in [0.29, 0.717) is 6.04 Å². The van der Waals surface area contributed by atoms with Crippen molar-refractivity contribution in [3.05, 3.63) is 22.9 Å². The predicted molar refractivity (Wildman–Crippen MR) is 76.1 cm³/mol. The van der Waals surface area contributed by atoms with Crippen molar-refractivity contribution in [2.45, 2.75) is 63.8 Å². The molecular formula is C16H21N3. The number of pyridine rings is 1. The third-order valence-corrected chi connectivity index (χ3v) is 4.37. The van der Waals surface area contributed by atoms with Crippen LogP contribution in [-0.4, -0.2) is 11.0 Å². The van der Waals surface area contributed by atoms with E-state index in [1.165, 1.54) is 56.2 Å². The molecule has 2 aliphatic carbocycles.